The first kappa shape index (κ1) is 16.0. The van der Waals surface area contributed by atoms with E-state index < -0.39 is 18.1 Å². The van der Waals surface area contributed by atoms with Crippen molar-refractivity contribution < 1.29 is 20.1 Å². The van der Waals surface area contributed by atoms with Crippen LogP contribution in [0.3, 0.4) is 0 Å². The molecule has 6 heteroatoms. The van der Waals surface area contributed by atoms with Gasteiger partial charge in [0, 0.05) is 17.5 Å². The molecular formula is C20H20N2O4. The maximum absolute atomic E-state index is 11.0. The highest BCUT2D eigenvalue weighted by Crippen LogP contribution is 2.45. The van der Waals surface area contributed by atoms with Gasteiger partial charge in [-0.05, 0) is 35.8 Å². The molecule has 3 N–H and O–H groups in total. The molecule has 2 unspecified atom stereocenters. The first-order valence-electron chi connectivity index (χ1n) is 8.84. The summed E-state index contributed by atoms with van der Waals surface area (Å²) in [5.41, 5.74) is 3.12. The number of aliphatic hydroxyl groups excluding tert-OH is 2. The van der Waals surface area contributed by atoms with Crippen LogP contribution in [0.1, 0.15) is 24.6 Å². The third kappa shape index (κ3) is 1.98. The van der Waals surface area contributed by atoms with Crippen molar-refractivity contribution in [1.82, 2.24) is 9.88 Å². The predicted octanol–water partition coefficient (Wildman–Crippen LogP) is 1.51. The van der Waals surface area contributed by atoms with Crippen LogP contribution in [0.4, 0.5) is 0 Å². The monoisotopic (exact) mass is 352 g/mol. The third-order valence-corrected chi connectivity index (χ3v) is 5.74. The second-order valence-electron chi connectivity index (χ2n) is 7.10. The standard InChI is InChI=1S/C20H20N2O4/c1-2-20(25)14-8-16-17-12(7-11-5-3-4-6-15(11)21-17)9-22(16)18(23)13(14)10-26-19(20)24/h3-8,18-19,23-25H,2,9-10H2,1H3/t18?,19?,20-/m0/s1. The average Bonchev–Trinajstić information content (AvgIpc) is 3.01. The second kappa shape index (κ2) is 5.37. The molecule has 6 nitrogen and oxygen atoms in total. The van der Waals surface area contributed by atoms with E-state index in [2.05, 4.69) is 6.07 Å². The predicted molar refractivity (Wildman–Crippen MR) is 95.5 cm³/mol. The molecule has 5 rings (SSSR count). The molecule has 0 bridgehead atoms. The van der Waals surface area contributed by atoms with E-state index in [-0.39, 0.29) is 13.0 Å². The van der Waals surface area contributed by atoms with E-state index in [1.54, 1.807) is 6.92 Å². The number of rotatable bonds is 1. The lowest BCUT2D eigenvalue weighted by molar-refractivity contribution is -0.206. The Bertz CT molecular complexity index is 983. The lowest BCUT2D eigenvalue weighted by Crippen LogP contribution is -2.52. The summed E-state index contributed by atoms with van der Waals surface area (Å²) in [6.07, 6.45) is -0.0907. The number of pyridine rings is 1. The molecule has 0 aliphatic carbocycles. The fourth-order valence-electron chi connectivity index (χ4n) is 4.19. The minimum Gasteiger partial charge on any atom is -0.380 e. The summed E-state index contributed by atoms with van der Waals surface area (Å²) >= 11 is 0. The van der Waals surface area contributed by atoms with Gasteiger partial charge in [0.1, 0.15) is 5.60 Å². The van der Waals surface area contributed by atoms with Gasteiger partial charge in [0.15, 0.2) is 12.5 Å². The maximum atomic E-state index is 11.0. The highest BCUT2D eigenvalue weighted by Gasteiger charge is 2.48. The molecule has 0 fully saturated rings. The van der Waals surface area contributed by atoms with Crippen LogP contribution in [-0.2, 0) is 11.3 Å². The Balaban J connectivity index is 1.71. The number of aliphatic hydroxyl groups is 3. The first-order valence-corrected chi connectivity index (χ1v) is 8.84. The summed E-state index contributed by atoms with van der Waals surface area (Å²) in [5.74, 6) is 0. The molecule has 0 saturated carbocycles. The summed E-state index contributed by atoms with van der Waals surface area (Å²) in [6.45, 7) is 2.42. The molecular weight excluding hydrogens is 332 g/mol. The van der Waals surface area contributed by atoms with Gasteiger partial charge >= 0.3 is 0 Å². The van der Waals surface area contributed by atoms with Crippen molar-refractivity contribution in [3.05, 3.63) is 58.8 Å². The normalized spacial score (nSPS) is 30.2. The first-order chi connectivity index (χ1) is 12.5. The molecule has 3 aliphatic rings. The van der Waals surface area contributed by atoms with Crippen LogP contribution in [0.15, 0.2) is 47.6 Å². The Hall–Kier alpha value is -2.25. The number of nitrogens with zero attached hydrogens (tertiary/aromatic N) is 2. The summed E-state index contributed by atoms with van der Waals surface area (Å²) in [6, 6.07) is 10.0. The molecule has 0 saturated heterocycles. The SMILES string of the molecule is CC[C@]1(O)C2=C(COC1O)C(O)N1Cc3cc4ccccc4nc3C1=C2. The quantitative estimate of drug-likeness (QED) is 0.721. The largest absolute Gasteiger partial charge is 0.380 e. The van der Waals surface area contributed by atoms with E-state index in [9.17, 15) is 15.3 Å². The molecule has 0 amide bonds. The van der Waals surface area contributed by atoms with Gasteiger partial charge in [0.25, 0.3) is 0 Å². The minimum atomic E-state index is -1.53. The van der Waals surface area contributed by atoms with E-state index in [1.807, 2.05) is 35.2 Å². The summed E-state index contributed by atoms with van der Waals surface area (Å²) < 4.78 is 5.33. The van der Waals surface area contributed by atoms with Gasteiger partial charge in [-0.25, -0.2) is 4.98 Å². The van der Waals surface area contributed by atoms with E-state index in [0.29, 0.717) is 17.7 Å². The number of hydrogen-bond acceptors (Lipinski definition) is 6. The van der Waals surface area contributed by atoms with Gasteiger partial charge in [-0.2, -0.15) is 0 Å². The van der Waals surface area contributed by atoms with Crippen molar-refractivity contribution in [1.29, 1.82) is 0 Å². The molecule has 0 radical (unpaired) electrons. The lowest BCUT2D eigenvalue weighted by Gasteiger charge is -2.44. The van der Waals surface area contributed by atoms with Crippen molar-refractivity contribution in [2.24, 2.45) is 0 Å². The zero-order valence-corrected chi connectivity index (χ0v) is 14.4. The highest BCUT2D eigenvalue weighted by molar-refractivity contribution is 5.84. The fourth-order valence-corrected chi connectivity index (χ4v) is 4.19. The van der Waals surface area contributed by atoms with Crippen molar-refractivity contribution in [3.63, 3.8) is 0 Å². The van der Waals surface area contributed by atoms with Gasteiger partial charge in [0.05, 0.1) is 23.5 Å². The second-order valence-corrected chi connectivity index (χ2v) is 7.10. The van der Waals surface area contributed by atoms with Crippen LogP contribution >= 0.6 is 0 Å². The smallest absolute Gasteiger partial charge is 0.188 e. The van der Waals surface area contributed by atoms with Gasteiger partial charge in [-0.1, -0.05) is 25.1 Å². The zero-order valence-electron chi connectivity index (χ0n) is 14.4. The van der Waals surface area contributed by atoms with E-state index in [4.69, 9.17) is 9.72 Å². The van der Waals surface area contributed by atoms with E-state index in [1.165, 1.54) is 0 Å². The minimum absolute atomic E-state index is 0.0893. The summed E-state index contributed by atoms with van der Waals surface area (Å²) in [4.78, 5) is 6.65. The number of para-hydroxylation sites is 1. The molecule has 3 aliphatic heterocycles. The summed E-state index contributed by atoms with van der Waals surface area (Å²) in [5, 5.41) is 33.1. The highest BCUT2D eigenvalue weighted by atomic mass is 16.6. The number of hydrogen-bond donors (Lipinski definition) is 3. The van der Waals surface area contributed by atoms with Crippen molar-refractivity contribution in [3.8, 4) is 0 Å². The van der Waals surface area contributed by atoms with Crippen LogP contribution < -0.4 is 0 Å². The number of fused-ring (bicyclic) bond motifs is 4. The Morgan fingerprint density at radius 1 is 1.31 bits per heavy atom. The zero-order chi connectivity index (χ0) is 18.1. The average molecular weight is 352 g/mol. The van der Waals surface area contributed by atoms with Crippen molar-refractivity contribution in [2.75, 3.05) is 6.61 Å². The topological polar surface area (TPSA) is 86.0 Å². The van der Waals surface area contributed by atoms with Gasteiger partial charge in [-0.3, -0.25) is 0 Å². The lowest BCUT2D eigenvalue weighted by atomic mass is 9.82. The van der Waals surface area contributed by atoms with Gasteiger partial charge in [-0.15, -0.1) is 0 Å². The van der Waals surface area contributed by atoms with Crippen LogP contribution in [-0.4, -0.2) is 49.9 Å². The van der Waals surface area contributed by atoms with Crippen LogP contribution in [0, 0.1) is 0 Å². The van der Waals surface area contributed by atoms with Crippen LogP contribution in [0.5, 0.6) is 0 Å². The Morgan fingerprint density at radius 2 is 2.12 bits per heavy atom. The Morgan fingerprint density at radius 3 is 2.92 bits per heavy atom. The Labute approximate surface area is 150 Å². The molecule has 134 valence electrons. The maximum Gasteiger partial charge on any atom is 0.188 e. The van der Waals surface area contributed by atoms with E-state index >= 15 is 0 Å². The Kier molecular flexibility index (Phi) is 3.30. The molecule has 3 atom stereocenters. The van der Waals surface area contributed by atoms with Crippen molar-refractivity contribution in [2.45, 2.75) is 38.0 Å². The fraction of sp³-hybridized carbons (Fsp3) is 0.350. The van der Waals surface area contributed by atoms with E-state index in [0.717, 1.165) is 27.9 Å². The molecule has 4 heterocycles. The molecule has 1 aromatic heterocycles. The molecule has 0 spiro atoms. The van der Waals surface area contributed by atoms with Crippen LogP contribution in [0.2, 0.25) is 0 Å². The van der Waals surface area contributed by atoms with Crippen molar-refractivity contribution >= 4 is 16.6 Å². The number of aromatic nitrogens is 1. The third-order valence-electron chi connectivity index (χ3n) is 5.74. The molecule has 1 aromatic carbocycles. The molecule has 2 aromatic rings. The summed E-state index contributed by atoms with van der Waals surface area (Å²) in [7, 11) is 0. The number of benzene rings is 1. The van der Waals surface area contributed by atoms with Crippen LogP contribution in [0.25, 0.3) is 16.6 Å². The van der Waals surface area contributed by atoms with Gasteiger partial charge < -0.3 is 25.0 Å². The number of ether oxygens (including phenoxy) is 1. The van der Waals surface area contributed by atoms with Gasteiger partial charge in [0.2, 0.25) is 0 Å². The molecule has 26 heavy (non-hydrogen) atoms.